The first-order valence-corrected chi connectivity index (χ1v) is 10.3. The molecular weight excluding hydrogens is 408 g/mol. The molecule has 146 valence electrons. The third kappa shape index (κ3) is 2.31. The predicted octanol–water partition coefficient (Wildman–Crippen LogP) is 7.75. The summed E-state index contributed by atoms with van der Waals surface area (Å²) in [4.78, 5) is 9.00. The Morgan fingerprint density at radius 1 is 0.645 bits per heavy atom. The number of hydrogen-bond donors (Lipinski definition) is 0. The second kappa shape index (κ2) is 6.06. The van der Waals surface area contributed by atoms with Gasteiger partial charge in [-0.2, -0.15) is 4.98 Å². The van der Waals surface area contributed by atoms with E-state index in [0.717, 1.165) is 54.6 Å². The molecule has 0 saturated heterocycles. The summed E-state index contributed by atoms with van der Waals surface area (Å²) in [6, 6.07) is 26.4. The molecule has 4 aromatic carbocycles. The maximum Gasteiger partial charge on any atom is 0.232 e. The minimum atomic E-state index is 0.138. The number of rotatable bonds is 1. The Morgan fingerprint density at radius 2 is 1.29 bits per heavy atom. The number of furan rings is 2. The third-order valence-electron chi connectivity index (χ3n) is 5.84. The standard InChI is InChI=1S/C26H13ClN2O2/c27-26-28-23(22-17-10-4-6-12-20(17)31-25(22)29-26)18-13-14-7-1-2-8-15(14)21-16-9-3-5-11-19(16)30-24(18)21/h1-13H. The molecule has 0 bridgehead atoms. The van der Waals surface area contributed by atoms with Crippen LogP contribution in [0.2, 0.25) is 5.28 Å². The lowest BCUT2D eigenvalue weighted by Gasteiger charge is -2.08. The van der Waals surface area contributed by atoms with E-state index in [2.05, 4.69) is 34.2 Å². The number of fused-ring (bicyclic) bond motifs is 8. The number of halogens is 1. The molecule has 0 aliphatic heterocycles. The van der Waals surface area contributed by atoms with E-state index in [1.165, 1.54) is 0 Å². The third-order valence-corrected chi connectivity index (χ3v) is 6.01. The van der Waals surface area contributed by atoms with Gasteiger partial charge < -0.3 is 8.83 Å². The minimum absolute atomic E-state index is 0.138. The smallest absolute Gasteiger partial charge is 0.232 e. The van der Waals surface area contributed by atoms with Crippen molar-refractivity contribution in [3.8, 4) is 11.3 Å². The summed E-state index contributed by atoms with van der Waals surface area (Å²) < 4.78 is 12.4. The Labute approximate surface area is 180 Å². The summed E-state index contributed by atoms with van der Waals surface area (Å²) in [5.41, 5.74) is 4.40. The Balaban J connectivity index is 1.74. The molecule has 0 saturated carbocycles. The predicted molar refractivity (Wildman–Crippen MR) is 125 cm³/mol. The fourth-order valence-corrected chi connectivity index (χ4v) is 4.70. The number of aromatic nitrogens is 2. The topological polar surface area (TPSA) is 52.1 Å². The normalized spacial score (nSPS) is 12.0. The average Bonchev–Trinajstić information content (AvgIpc) is 3.36. The molecule has 0 unspecified atom stereocenters. The summed E-state index contributed by atoms with van der Waals surface area (Å²) in [6.45, 7) is 0. The SMILES string of the molecule is Clc1nc(-c2cc3ccccc3c3c2oc2ccccc23)c2c(n1)oc1ccccc12. The number of hydrogen-bond acceptors (Lipinski definition) is 4. The van der Waals surface area contributed by atoms with Crippen molar-refractivity contribution in [3.05, 3.63) is 84.1 Å². The first kappa shape index (κ1) is 16.9. The van der Waals surface area contributed by atoms with E-state index >= 15 is 0 Å². The van der Waals surface area contributed by atoms with E-state index < -0.39 is 0 Å². The zero-order chi connectivity index (χ0) is 20.5. The quantitative estimate of drug-likeness (QED) is 0.255. The van der Waals surface area contributed by atoms with Crippen LogP contribution < -0.4 is 0 Å². The molecule has 7 rings (SSSR count). The van der Waals surface area contributed by atoms with Gasteiger partial charge in [0.25, 0.3) is 0 Å². The monoisotopic (exact) mass is 420 g/mol. The molecule has 0 aliphatic carbocycles. The van der Waals surface area contributed by atoms with Crippen LogP contribution in [-0.4, -0.2) is 9.97 Å². The second-order valence-electron chi connectivity index (χ2n) is 7.57. The first-order chi connectivity index (χ1) is 15.3. The van der Waals surface area contributed by atoms with Gasteiger partial charge in [-0.1, -0.05) is 60.7 Å². The van der Waals surface area contributed by atoms with Gasteiger partial charge in [-0.3, -0.25) is 0 Å². The lowest BCUT2D eigenvalue weighted by Crippen LogP contribution is -1.91. The van der Waals surface area contributed by atoms with E-state index in [0.29, 0.717) is 11.4 Å². The van der Waals surface area contributed by atoms with Crippen molar-refractivity contribution in [1.29, 1.82) is 0 Å². The highest BCUT2D eigenvalue weighted by atomic mass is 35.5. The van der Waals surface area contributed by atoms with Gasteiger partial charge in [-0.25, -0.2) is 4.98 Å². The van der Waals surface area contributed by atoms with Crippen molar-refractivity contribution >= 4 is 66.4 Å². The van der Waals surface area contributed by atoms with Crippen LogP contribution in [0.1, 0.15) is 0 Å². The molecule has 31 heavy (non-hydrogen) atoms. The number of nitrogens with zero attached hydrogens (tertiary/aromatic N) is 2. The van der Waals surface area contributed by atoms with Gasteiger partial charge in [0.05, 0.1) is 11.1 Å². The van der Waals surface area contributed by atoms with Gasteiger partial charge in [0.1, 0.15) is 16.7 Å². The molecular formula is C26H13ClN2O2. The van der Waals surface area contributed by atoms with Crippen molar-refractivity contribution in [2.75, 3.05) is 0 Å². The second-order valence-corrected chi connectivity index (χ2v) is 7.91. The van der Waals surface area contributed by atoms with Crippen molar-refractivity contribution in [3.63, 3.8) is 0 Å². The Morgan fingerprint density at radius 3 is 2.10 bits per heavy atom. The Bertz CT molecular complexity index is 1810. The molecule has 7 aromatic rings. The van der Waals surface area contributed by atoms with Gasteiger partial charge in [0.15, 0.2) is 0 Å². The summed E-state index contributed by atoms with van der Waals surface area (Å²) in [6.07, 6.45) is 0. The van der Waals surface area contributed by atoms with Crippen LogP contribution in [0.25, 0.3) is 66.0 Å². The van der Waals surface area contributed by atoms with E-state index in [1.807, 2.05) is 54.6 Å². The first-order valence-electron chi connectivity index (χ1n) is 9.96. The highest BCUT2D eigenvalue weighted by Crippen LogP contribution is 2.43. The molecule has 3 aromatic heterocycles. The van der Waals surface area contributed by atoms with Crippen LogP contribution in [-0.2, 0) is 0 Å². The van der Waals surface area contributed by atoms with E-state index in [4.69, 9.17) is 20.4 Å². The highest BCUT2D eigenvalue weighted by molar-refractivity contribution is 6.29. The lowest BCUT2D eigenvalue weighted by atomic mass is 9.97. The van der Waals surface area contributed by atoms with Crippen molar-refractivity contribution in [2.24, 2.45) is 0 Å². The lowest BCUT2D eigenvalue weighted by molar-refractivity contribution is 0.653. The van der Waals surface area contributed by atoms with Crippen LogP contribution in [0.3, 0.4) is 0 Å². The maximum absolute atomic E-state index is 6.39. The van der Waals surface area contributed by atoms with Crippen molar-refractivity contribution in [1.82, 2.24) is 9.97 Å². The molecule has 0 N–H and O–H groups in total. The molecule has 0 radical (unpaired) electrons. The molecule has 5 heteroatoms. The zero-order valence-corrected chi connectivity index (χ0v) is 16.9. The van der Waals surface area contributed by atoms with Gasteiger partial charge in [-0.05, 0) is 40.6 Å². The van der Waals surface area contributed by atoms with Crippen LogP contribution >= 0.6 is 11.6 Å². The molecule has 0 fully saturated rings. The fraction of sp³-hybridized carbons (Fsp3) is 0. The Hall–Kier alpha value is -3.89. The van der Waals surface area contributed by atoms with Crippen LogP contribution in [0, 0.1) is 0 Å². The van der Waals surface area contributed by atoms with Gasteiger partial charge in [-0.15, -0.1) is 0 Å². The van der Waals surface area contributed by atoms with Crippen LogP contribution in [0.5, 0.6) is 0 Å². The molecule has 3 heterocycles. The summed E-state index contributed by atoms with van der Waals surface area (Å²) in [5, 5.41) is 6.30. The molecule has 0 amide bonds. The van der Waals surface area contributed by atoms with E-state index in [1.54, 1.807) is 0 Å². The highest BCUT2D eigenvalue weighted by Gasteiger charge is 2.22. The fourth-order valence-electron chi connectivity index (χ4n) is 4.54. The Kier molecular flexibility index (Phi) is 3.30. The maximum atomic E-state index is 6.39. The van der Waals surface area contributed by atoms with Crippen molar-refractivity contribution < 1.29 is 8.83 Å². The van der Waals surface area contributed by atoms with Crippen LogP contribution in [0.4, 0.5) is 0 Å². The zero-order valence-electron chi connectivity index (χ0n) is 16.1. The summed E-state index contributed by atoms with van der Waals surface area (Å²) in [5.74, 6) is 0. The van der Waals surface area contributed by atoms with Crippen molar-refractivity contribution in [2.45, 2.75) is 0 Å². The average molecular weight is 421 g/mol. The van der Waals surface area contributed by atoms with E-state index in [9.17, 15) is 0 Å². The molecule has 0 atom stereocenters. The number of benzene rings is 4. The van der Waals surface area contributed by atoms with Gasteiger partial charge >= 0.3 is 0 Å². The van der Waals surface area contributed by atoms with Crippen LogP contribution in [0.15, 0.2) is 87.7 Å². The van der Waals surface area contributed by atoms with Gasteiger partial charge in [0, 0.05) is 21.7 Å². The number of para-hydroxylation sites is 2. The van der Waals surface area contributed by atoms with Gasteiger partial charge in [0.2, 0.25) is 11.0 Å². The minimum Gasteiger partial charge on any atom is -0.455 e. The largest absolute Gasteiger partial charge is 0.455 e. The molecule has 4 nitrogen and oxygen atoms in total. The molecule has 0 spiro atoms. The molecule has 0 aliphatic rings. The summed E-state index contributed by atoms with van der Waals surface area (Å²) in [7, 11) is 0. The van der Waals surface area contributed by atoms with E-state index in [-0.39, 0.29) is 5.28 Å². The summed E-state index contributed by atoms with van der Waals surface area (Å²) >= 11 is 6.34.